The van der Waals surface area contributed by atoms with Crippen molar-refractivity contribution in [1.82, 2.24) is 0 Å². The Balaban J connectivity index is 3.31. The van der Waals surface area contributed by atoms with Crippen LogP contribution in [0.1, 0.15) is 12.8 Å². The number of hydrogen-bond acceptors (Lipinski definition) is 3. The first-order valence-electron chi connectivity index (χ1n) is 3.51. The molecule has 6 N–H and O–H groups in total. The summed E-state index contributed by atoms with van der Waals surface area (Å²) in [5.41, 5.74) is 10.1. The Bertz CT molecular complexity index is 123. The molecule has 0 saturated carbocycles. The molecule has 0 spiro atoms. The van der Waals surface area contributed by atoms with E-state index in [4.69, 9.17) is 21.7 Å². The van der Waals surface area contributed by atoms with E-state index in [2.05, 4.69) is 4.99 Å². The van der Waals surface area contributed by atoms with Gasteiger partial charge in [0.15, 0.2) is 5.96 Å². The first-order valence-corrected chi connectivity index (χ1v) is 3.51. The average Bonchev–Trinajstić information content (AvgIpc) is 1.87. The Morgan fingerprint density at radius 2 is 2.00 bits per heavy atom. The molecule has 0 amide bonds. The van der Waals surface area contributed by atoms with E-state index in [0.717, 1.165) is 0 Å². The minimum Gasteiger partial charge on any atom is -0.396 e. The van der Waals surface area contributed by atoms with Crippen LogP contribution < -0.4 is 11.5 Å². The summed E-state index contributed by atoms with van der Waals surface area (Å²) in [6.07, 6.45) is 0.349. The summed E-state index contributed by atoms with van der Waals surface area (Å²) in [7, 11) is 0. The Morgan fingerprint density at radius 3 is 2.45 bits per heavy atom. The standard InChI is InChI=1S/C6H15N3O2/c7-6(8)9-3-1-5(11)2-4-10/h5,10-11H,1-4H2,(H4,7,8,9). The van der Waals surface area contributed by atoms with Gasteiger partial charge in [-0.05, 0) is 12.8 Å². The molecular weight excluding hydrogens is 146 g/mol. The van der Waals surface area contributed by atoms with Gasteiger partial charge in [0.1, 0.15) is 0 Å². The van der Waals surface area contributed by atoms with Gasteiger partial charge in [-0.3, -0.25) is 4.99 Å². The van der Waals surface area contributed by atoms with Crippen molar-refractivity contribution in [2.45, 2.75) is 18.9 Å². The molecule has 0 aliphatic carbocycles. The smallest absolute Gasteiger partial charge is 0.185 e. The minimum absolute atomic E-state index is 0.0109. The third-order valence-corrected chi connectivity index (χ3v) is 1.22. The van der Waals surface area contributed by atoms with E-state index in [-0.39, 0.29) is 12.6 Å². The van der Waals surface area contributed by atoms with Crippen LogP contribution in [-0.4, -0.2) is 35.4 Å². The van der Waals surface area contributed by atoms with Crippen LogP contribution in [0.2, 0.25) is 0 Å². The number of guanidine groups is 1. The fourth-order valence-corrected chi connectivity index (χ4v) is 0.636. The summed E-state index contributed by atoms with van der Waals surface area (Å²) in [5.74, 6) is 0.0289. The van der Waals surface area contributed by atoms with Gasteiger partial charge in [-0.2, -0.15) is 0 Å². The van der Waals surface area contributed by atoms with E-state index in [1.807, 2.05) is 0 Å². The van der Waals surface area contributed by atoms with E-state index in [9.17, 15) is 0 Å². The second-order valence-electron chi connectivity index (χ2n) is 2.26. The average molecular weight is 161 g/mol. The third-order valence-electron chi connectivity index (χ3n) is 1.22. The number of nitrogens with zero attached hydrogens (tertiary/aromatic N) is 1. The zero-order valence-electron chi connectivity index (χ0n) is 6.40. The number of aliphatic hydroxyl groups excluding tert-OH is 2. The normalized spacial score (nSPS) is 12.5. The number of rotatable bonds is 5. The fourth-order valence-electron chi connectivity index (χ4n) is 0.636. The lowest BCUT2D eigenvalue weighted by molar-refractivity contribution is 0.127. The zero-order chi connectivity index (χ0) is 8.69. The van der Waals surface area contributed by atoms with Gasteiger partial charge in [0.2, 0.25) is 0 Å². The minimum atomic E-state index is -0.511. The predicted molar refractivity (Wildman–Crippen MR) is 43.0 cm³/mol. The van der Waals surface area contributed by atoms with Crippen LogP contribution in [-0.2, 0) is 0 Å². The quantitative estimate of drug-likeness (QED) is 0.287. The Hall–Kier alpha value is -0.810. The van der Waals surface area contributed by atoms with Gasteiger partial charge in [-0.1, -0.05) is 0 Å². The molecule has 0 rings (SSSR count). The van der Waals surface area contributed by atoms with E-state index in [1.165, 1.54) is 0 Å². The topological polar surface area (TPSA) is 105 Å². The maximum Gasteiger partial charge on any atom is 0.185 e. The van der Waals surface area contributed by atoms with Crippen LogP contribution in [0.25, 0.3) is 0 Å². The van der Waals surface area contributed by atoms with Crippen LogP contribution in [0.3, 0.4) is 0 Å². The van der Waals surface area contributed by atoms with Gasteiger partial charge < -0.3 is 21.7 Å². The van der Waals surface area contributed by atoms with Crippen molar-refractivity contribution >= 4 is 5.96 Å². The number of aliphatic hydroxyl groups is 2. The third kappa shape index (κ3) is 7.08. The first-order chi connectivity index (χ1) is 5.16. The summed E-state index contributed by atoms with van der Waals surface area (Å²) in [5, 5.41) is 17.5. The second-order valence-corrected chi connectivity index (χ2v) is 2.26. The molecule has 0 aliphatic heterocycles. The first kappa shape index (κ1) is 10.2. The Labute approximate surface area is 65.7 Å². The number of nitrogens with two attached hydrogens (primary N) is 2. The van der Waals surface area contributed by atoms with Crippen molar-refractivity contribution in [3.05, 3.63) is 0 Å². The molecule has 0 aromatic rings. The van der Waals surface area contributed by atoms with Crippen LogP contribution in [0.15, 0.2) is 4.99 Å². The van der Waals surface area contributed by atoms with Gasteiger partial charge in [0, 0.05) is 13.2 Å². The van der Waals surface area contributed by atoms with Crippen molar-refractivity contribution < 1.29 is 10.2 Å². The predicted octanol–water partition coefficient (Wildman–Crippen LogP) is -1.61. The lowest BCUT2D eigenvalue weighted by atomic mass is 10.2. The molecule has 0 aliphatic rings. The van der Waals surface area contributed by atoms with Crippen molar-refractivity contribution in [1.29, 1.82) is 0 Å². The molecule has 11 heavy (non-hydrogen) atoms. The van der Waals surface area contributed by atoms with Gasteiger partial charge in [-0.25, -0.2) is 0 Å². The summed E-state index contributed by atoms with van der Waals surface area (Å²) >= 11 is 0. The summed E-state index contributed by atoms with van der Waals surface area (Å²) in [6.45, 7) is 0.395. The van der Waals surface area contributed by atoms with Crippen LogP contribution in [0, 0.1) is 0 Å². The summed E-state index contributed by atoms with van der Waals surface area (Å²) in [6, 6.07) is 0. The molecule has 0 aromatic carbocycles. The van der Waals surface area contributed by atoms with E-state index in [1.54, 1.807) is 0 Å². The fraction of sp³-hybridized carbons (Fsp3) is 0.833. The monoisotopic (exact) mass is 161 g/mol. The highest BCUT2D eigenvalue weighted by Crippen LogP contribution is 1.96. The molecule has 0 fully saturated rings. The highest BCUT2D eigenvalue weighted by molar-refractivity contribution is 5.75. The highest BCUT2D eigenvalue weighted by atomic mass is 16.3. The summed E-state index contributed by atoms with van der Waals surface area (Å²) < 4.78 is 0. The van der Waals surface area contributed by atoms with E-state index >= 15 is 0 Å². The van der Waals surface area contributed by atoms with Crippen LogP contribution in [0.4, 0.5) is 0 Å². The summed E-state index contributed by atoms with van der Waals surface area (Å²) in [4.78, 5) is 3.68. The highest BCUT2D eigenvalue weighted by Gasteiger charge is 2.00. The van der Waals surface area contributed by atoms with Crippen molar-refractivity contribution in [2.75, 3.05) is 13.2 Å². The van der Waals surface area contributed by atoms with Crippen LogP contribution in [0.5, 0.6) is 0 Å². The molecular formula is C6H15N3O2. The van der Waals surface area contributed by atoms with Crippen molar-refractivity contribution in [3.63, 3.8) is 0 Å². The number of aliphatic imine (C=N–C) groups is 1. The van der Waals surface area contributed by atoms with Crippen molar-refractivity contribution in [2.24, 2.45) is 16.5 Å². The van der Waals surface area contributed by atoms with Gasteiger partial charge >= 0.3 is 0 Å². The maximum absolute atomic E-state index is 9.05. The van der Waals surface area contributed by atoms with Gasteiger partial charge in [0.05, 0.1) is 6.10 Å². The molecule has 0 saturated heterocycles. The van der Waals surface area contributed by atoms with Crippen LogP contribution >= 0.6 is 0 Å². The van der Waals surface area contributed by atoms with Gasteiger partial charge in [0.25, 0.3) is 0 Å². The number of hydrogen-bond donors (Lipinski definition) is 4. The van der Waals surface area contributed by atoms with E-state index < -0.39 is 6.10 Å². The van der Waals surface area contributed by atoms with Gasteiger partial charge in [-0.15, -0.1) is 0 Å². The second kappa shape index (κ2) is 5.94. The molecule has 1 atom stereocenters. The SMILES string of the molecule is NC(N)=NCCC(O)CCO. The van der Waals surface area contributed by atoms with E-state index in [0.29, 0.717) is 19.4 Å². The lowest BCUT2D eigenvalue weighted by Gasteiger charge is -2.05. The molecule has 0 aromatic heterocycles. The zero-order valence-corrected chi connectivity index (χ0v) is 6.40. The molecule has 0 bridgehead atoms. The largest absolute Gasteiger partial charge is 0.396 e. The molecule has 66 valence electrons. The lowest BCUT2D eigenvalue weighted by Crippen LogP contribution is -2.23. The molecule has 0 heterocycles. The Morgan fingerprint density at radius 1 is 1.36 bits per heavy atom. The molecule has 5 heteroatoms. The Kier molecular flexibility index (Phi) is 5.50. The molecule has 0 radical (unpaired) electrons. The maximum atomic E-state index is 9.05. The van der Waals surface area contributed by atoms with Crippen molar-refractivity contribution in [3.8, 4) is 0 Å². The molecule has 1 unspecified atom stereocenters. The molecule has 5 nitrogen and oxygen atoms in total.